The van der Waals surface area contributed by atoms with E-state index in [1.807, 2.05) is 6.07 Å². The molecule has 0 saturated carbocycles. The molecule has 1 aromatic carbocycles. The van der Waals surface area contributed by atoms with Gasteiger partial charge in [-0.15, -0.1) is 0 Å². The Labute approximate surface area is 78.6 Å². The first-order valence-electron chi connectivity index (χ1n) is 3.31. The van der Waals surface area contributed by atoms with E-state index >= 15 is 0 Å². The van der Waals surface area contributed by atoms with E-state index < -0.39 is 5.91 Å². The van der Waals surface area contributed by atoms with Crippen LogP contribution in [0, 0.1) is 0 Å². The standard InChI is InChI=1S/C8H7BrNO2/c9-6-2-1-3-7(4-6)12-5-8(10)11/h1-4,10H,5H2. The van der Waals surface area contributed by atoms with Gasteiger partial charge in [0.05, 0.1) is 0 Å². The van der Waals surface area contributed by atoms with Crippen molar-refractivity contribution in [2.45, 2.75) is 0 Å². The fourth-order valence-corrected chi connectivity index (χ4v) is 1.08. The molecule has 4 heteroatoms. The summed E-state index contributed by atoms with van der Waals surface area (Å²) in [5.74, 6) is -0.139. The Morgan fingerprint density at radius 2 is 2.33 bits per heavy atom. The maximum absolute atomic E-state index is 10.2. The Morgan fingerprint density at radius 3 is 2.92 bits per heavy atom. The van der Waals surface area contributed by atoms with Gasteiger partial charge in [0.15, 0.2) is 6.61 Å². The van der Waals surface area contributed by atoms with Gasteiger partial charge >= 0.3 is 0 Å². The van der Waals surface area contributed by atoms with E-state index in [4.69, 9.17) is 10.5 Å². The molecule has 63 valence electrons. The number of carbonyl (C=O) groups is 1. The quantitative estimate of drug-likeness (QED) is 0.790. The molecule has 0 spiro atoms. The molecule has 0 aliphatic rings. The first kappa shape index (κ1) is 9.06. The maximum Gasteiger partial charge on any atom is 0.276 e. The number of carbonyl (C=O) groups excluding carboxylic acids is 1. The highest BCUT2D eigenvalue weighted by molar-refractivity contribution is 9.10. The van der Waals surface area contributed by atoms with Gasteiger partial charge in [0.1, 0.15) is 5.75 Å². The summed E-state index contributed by atoms with van der Waals surface area (Å²) in [4.78, 5) is 10.2. The molecule has 1 rings (SSSR count). The van der Waals surface area contributed by atoms with Crippen molar-refractivity contribution < 1.29 is 9.53 Å². The maximum atomic E-state index is 10.2. The molecule has 0 heterocycles. The van der Waals surface area contributed by atoms with Crippen LogP contribution in [0.15, 0.2) is 28.7 Å². The molecular formula is C8H7BrNO2. The number of benzene rings is 1. The fourth-order valence-electron chi connectivity index (χ4n) is 0.706. The van der Waals surface area contributed by atoms with Crippen LogP contribution < -0.4 is 10.5 Å². The average molecular weight is 229 g/mol. The highest BCUT2D eigenvalue weighted by atomic mass is 79.9. The summed E-state index contributed by atoms with van der Waals surface area (Å²) >= 11 is 3.26. The Bertz CT molecular complexity index is 288. The van der Waals surface area contributed by atoms with Crippen LogP contribution in [0.1, 0.15) is 0 Å². The van der Waals surface area contributed by atoms with E-state index in [9.17, 15) is 4.79 Å². The third kappa shape index (κ3) is 2.92. The normalized spacial score (nSPS) is 9.42. The van der Waals surface area contributed by atoms with Gasteiger partial charge in [0.2, 0.25) is 0 Å². The lowest BCUT2D eigenvalue weighted by Gasteiger charge is -2.02. The Kier molecular flexibility index (Phi) is 3.10. The van der Waals surface area contributed by atoms with Gasteiger partial charge < -0.3 is 4.74 Å². The minimum Gasteiger partial charge on any atom is -0.484 e. The summed E-state index contributed by atoms with van der Waals surface area (Å²) in [6.07, 6.45) is 0. The van der Waals surface area contributed by atoms with Gasteiger partial charge in [0.25, 0.3) is 5.91 Å². The molecule has 0 fully saturated rings. The van der Waals surface area contributed by atoms with Crippen molar-refractivity contribution in [2.24, 2.45) is 0 Å². The zero-order valence-corrected chi connectivity index (χ0v) is 7.80. The van der Waals surface area contributed by atoms with Gasteiger partial charge in [-0.25, -0.2) is 0 Å². The third-order valence-corrected chi connectivity index (χ3v) is 1.66. The minimum absolute atomic E-state index is 0.198. The number of ether oxygens (including phenoxy) is 1. The molecule has 0 aliphatic heterocycles. The molecule has 0 aromatic heterocycles. The first-order chi connectivity index (χ1) is 5.68. The molecule has 1 N–H and O–H groups in total. The number of nitrogens with one attached hydrogen (secondary N) is 1. The number of rotatable bonds is 3. The summed E-state index contributed by atoms with van der Waals surface area (Å²) in [6.45, 7) is -0.198. The van der Waals surface area contributed by atoms with Gasteiger partial charge in [-0.2, -0.15) is 0 Å². The molecule has 0 bridgehead atoms. The highest BCUT2D eigenvalue weighted by Crippen LogP contribution is 2.17. The van der Waals surface area contributed by atoms with Crippen molar-refractivity contribution in [3.8, 4) is 5.75 Å². The van der Waals surface area contributed by atoms with Crippen LogP contribution in [0.5, 0.6) is 5.75 Å². The lowest BCUT2D eigenvalue weighted by molar-refractivity contribution is -0.120. The van der Waals surface area contributed by atoms with E-state index in [-0.39, 0.29) is 6.61 Å². The second-order valence-corrected chi connectivity index (χ2v) is 3.08. The summed E-state index contributed by atoms with van der Waals surface area (Å²) < 4.78 is 5.87. The minimum atomic E-state index is -0.727. The van der Waals surface area contributed by atoms with Crippen LogP contribution in [-0.4, -0.2) is 12.5 Å². The molecular weight excluding hydrogens is 222 g/mol. The lowest BCUT2D eigenvalue weighted by atomic mass is 10.3. The number of hydrogen-bond donors (Lipinski definition) is 0. The van der Waals surface area contributed by atoms with Crippen molar-refractivity contribution in [3.63, 3.8) is 0 Å². The molecule has 0 unspecified atom stereocenters. The molecule has 1 radical (unpaired) electrons. The fraction of sp³-hybridized carbons (Fsp3) is 0.125. The van der Waals surface area contributed by atoms with Crippen LogP contribution in [0.3, 0.4) is 0 Å². The van der Waals surface area contributed by atoms with E-state index in [0.29, 0.717) is 5.75 Å². The number of halogens is 1. The molecule has 12 heavy (non-hydrogen) atoms. The Morgan fingerprint density at radius 1 is 1.58 bits per heavy atom. The van der Waals surface area contributed by atoms with Crippen molar-refractivity contribution in [1.82, 2.24) is 5.73 Å². The predicted molar refractivity (Wildman–Crippen MR) is 47.7 cm³/mol. The van der Waals surface area contributed by atoms with Gasteiger partial charge in [0, 0.05) is 4.47 Å². The zero-order valence-electron chi connectivity index (χ0n) is 6.21. The monoisotopic (exact) mass is 228 g/mol. The van der Waals surface area contributed by atoms with Crippen LogP contribution in [0.4, 0.5) is 0 Å². The predicted octanol–water partition coefficient (Wildman–Crippen LogP) is 1.64. The van der Waals surface area contributed by atoms with E-state index in [0.717, 1.165) is 4.47 Å². The summed E-state index contributed by atoms with van der Waals surface area (Å²) in [5.41, 5.74) is 6.61. The Balaban J connectivity index is 2.57. The molecule has 1 amide bonds. The number of hydrogen-bond acceptors (Lipinski definition) is 2. The van der Waals surface area contributed by atoms with Crippen molar-refractivity contribution in [1.29, 1.82) is 0 Å². The zero-order chi connectivity index (χ0) is 8.97. The third-order valence-electron chi connectivity index (χ3n) is 1.17. The molecule has 0 atom stereocenters. The van der Waals surface area contributed by atoms with Crippen molar-refractivity contribution >= 4 is 21.8 Å². The lowest BCUT2D eigenvalue weighted by Crippen LogP contribution is -2.11. The van der Waals surface area contributed by atoms with Crippen LogP contribution in [0.2, 0.25) is 0 Å². The van der Waals surface area contributed by atoms with E-state index in [1.165, 1.54) is 0 Å². The van der Waals surface area contributed by atoms with Gasteiger partial charge in [-0.05, 0) is 18.2 Å². The van der Waals surface area contributed by atoms with Crippen molar-refractivity contribution in [3.05, 3.63) is 28.7 Å². The van der Waals surface area contributed by atoms with Gasteiger partial charge in [-0.1, -0.05) is 22.0 Å². The summed E-state index contributed by atoms with van der Waals surface area (Å²) in [7, 11) is 0. The topological polar surface area (TPSA) is 50.1 Å². The van der Waals surface area contributed by atoms with Gasteiger partial charge in [-0.3, -0.25) is 10.5 Å². The van der Waals surface area contributed by atoms with E-state index in [1.54, 1.807) is 18.2 Å². The van der Waals surface area contributed by atoms with E-state index in [2.05, 4.69) is 15.9 Å². The second-order valence-electron chi connectivity index (χ2n) is 2.17. The molecule has 1 aromatic rings. The van der Waals surface area contributed by atoms with Crippen LogP contribution in [0.25, 0.3) is 0 Å². The second kappa shape index (κ2) is 4.11. The first-order valence-corrected chi connectivity index (χ1v) is 4.10. The largest absolute Gasteiger partial charge is 0.484 e. The van der Waals surface area contributed by atoms with Crippen molar-refractivity contribution in [2.75, 3.05) is 6.61 Å². The molecule has 0 saturated heterocycles. The summed E-state index contributed by atoms with van der Waals surface area (Å²) in [5, 5.41) is 0. The average Bonchev–Trinajstić information content (AvgIpc) is 2.01. The SMILES string of the molecule is [NH]C(=O)COc1cccc(Br)c1. The highest BCUT2D eigenvalue weighted by Gasteiger charge is 1.97. The Hall–Kier alpha value is -1.03. The summed E-state index contributed by atoms with van der Waals surface area (Å²) in [6, 6.07) is 7.12. The smallest absolute Gasteiger partial charge is 0.276 e. The number of amides is 1. The van der Waals surface area contributed by atoms with Crippen LogP contribution >= 0.6 is 15.9 Å². The molecule has 0 aliphatic carbocycles. The van der Waals surface area contributed by atoms with Crippen LogP contribution in [-0.2, 0) is 4.79 Å². The molecule has 3 nitrogen and oxygen atoms in total.